The largest absolute Gasteiger partial charge is 0.490 e. The average Bonchev–Trinajstić information content (AvgIpc) is 2.84. The van der Waals surface area contributed by atoms with E-state index in [0.29, 0.717) is 38.4 Å². The molecule has 0 aliphatic rings. The number of nitrogens with zero attached hydrogens (tertiary/aromatic N) is 1. The van der Waals surface area contributed by atoms with E-state index in [1.165, 1.54) is 18.2 Å². The standard InChI is InChI=1S/C25H21IN2O7/c1-2-34-22-14-17(13-21(25(30)31)27-24(29)18-8-4-3-5-9-18)12-20(26)23(22)35-15-16-7-6-10-19(11-16)28(32)33/h3-14H,2,15H2,1H3,(H,27,29)(H,30,31). The fourth-order valence-corrected chi connectivity index (χ4v) is 3.87. The lowest BCUT2D eigenvalue weighted by Gasteiger charge is -2.15. The summed E-state index contributed by atoms with van der Waals surface area (Å²) in [6.45, 7) is 2.19. The molecule has 0 radical (unpaired) electrons. The second kappa shape index (κ2) is 12.0. The van der Waals surface area contributed by atoms with Crippen molar-refractivity contribution in [2.45, 2.75) is 13.5 Å². The first-order valence-corrected chi connectivity index (χ1v) is 11.5. The lowest BCUT2D eigenvalue weighted by atomic mass is 10.1. The number of carboxylic acid groups (broad SMARTS) is 1. The summed E-state index contributed by atoms with van der Waals surface area (Å²) in [5.74, 6) is -1.05. The SMILES string of the molecule is CCOc1cc(C=C(NC(=O)c2ccccc2)C(=O)O)cc(I)c1OCc1cccc([N+](=O)[O-])c1. The predicted molar refractivity (Wildman–Crippen MR) is 137 cm³/mol. The van der Waals surface area contributed by atoms with Gasteiger partial charge in [0.15, 0.2) is 11.5 Å². The fourth-order valence-electron chi connectivity index (χ4n) is 3.09. The van der Waals surface area contributed by atoms with E-state index in [9.17, 15) is 24.8 Å². The number of amides is 1. The first-order valence-electron chi connectivity index (χ1n) is 10.4. The van der Waals surface area contributed by atoms with Crippen molar-refractivity contribution in [3.63, 3.8) is 0 Å². The van der Waals surface area contributed by atoms with E-state index >= 15 is 0 Å². The minimum absolute atomic E-state index is 0.0370. The van der Waals surface area contributed by atoms with Crippen LogP contribution >= 0.6 is 22.6 Å². The molecule has 0 saturated heterocycles. The minimum atomic E-state index is -1.30. The molecule has 10 heteroatoms. The van der Waals surface area contributed by atoms with Crippen molar-refractivity contribution in [2.75, 3.05) is 6.61 Å². The zero-order valence-electron chi connectivity index (χ0n) is 18.6. The molecule has 9 nitrogen and oxygen atoms in total. The molecule has 3 aromatic carbocycles. The molecular formula is C25H21IN2O7. The Morgan fingerprint density at radius 2 is 1.83 bits per heavy atom. The molecule has 0 saturated carbocycles. The number of carbonyl (C=O) groups is 2. The van der Waals surface area contributed by atoms with Crippen molar-refractivity contribution >= 4 is 46.2 Å². The number of hydrogen-bond donors (Lipinski definition) is 2. The smallest absolute Gasteiger partial charge is 0.352 e. The van der Waals surface area contributed by atoms with E-state index in [1.807, 2.05) is 22.6 Å². The van der Waals surface area contributed by atoms with E-state index in [-0.39, 0.29) is 18.0 Å². The molecule has 2 N–H and O–H groups in total. The summed E-state index contributed by atoms with van der Waals surface area (Å²) >= 11 is 2.03. The number of non-ortho nitro benzene ring substituents is 1. The van der Waals surface area contributed by atoms with Crippen LogP contribution in [0.25, 0.3) is 6.08 Å². The number of nitro benzene ring substituents is 1. The third-order valence-electron chi connectivity index (χ3n) is 4.66. The highest BCUT2D eigenvalue weighted by Gasteiger charge is 2.17. The Kier molecular flexibility index (Phi) is 8.79. The zero-order valence-corrected chi connectivity index (χ0v) is 20.7. The maximum Gasteiger partial charge on any atom is 0.352 e. The van der Waals surface area contributed by atoms with Crippen LogP contribution in [0.3, 0.4) is 0 Å². The molecule has 0 aliphatic carbocycles. The van der Waals surface area contributed by atoms with Crippen molar-refractivity contribution < 1.29 is 29.1 Å². The highest BCUT2D eigenvalue weighted by atomic mass is 127. The van der Waals surface area contributed by atoms with Crippen LogP contribution in [-0.2, 0) is 11.4 Å². The quantitative estimate of drug-likeness (QED) is 0.147. The van der Waals surface area contributed by atoms with Crippen LogP contribution in [0.5, 0.6) is 11.5 Å². The first-order chi connectivity index (χ1) is 16.8. The van der Waals surface area contributed by atoms with Gasteiger partial charge in [-0.3, -0.25) is 14.9 Å². The fraction of sp³-hybridized carbons (Fsp3) is 0.120. The molecule has 35 heavy (non-hydrogen) atoms. The van der Waals surface area contributed by atoms with E-state index in [0.717, 1.165) is 0 Å². The average molecular weight is 588 g/mol. The van der Waals surface area contributed by atoms with E-state index in [1.54, 1.807) is 61.5 Å². The third kappa shape index (κ3) is 7.03. The van der Waals surface area contributed by atoms with Gasteiger partial charge < -0.3 is 19.9 Å². The third-order valence-corrected chi connectivity index (χ3v) is 5.46. The Bertz CT molecular complexity index is 1280. The number of halogens is 1. The van der Waals surface area contributed by atoms with Gasteiger partial charge in [0.1, 0.15) is 12.3 Å². The monoisotopic (exact) mass is 588 g/mol. The molecule has 3 aromatic rings. The molecule has 3 rings (SSSR count). The number of rotatable bonds is 10. The van der Waals surface area contributed by atoms with Gasteiger partial charge >= 0.3 is 5.97 Å². The maximum atomic E-state index is 12.4. The lowest BCUT2D eigenvalue weighted by Crippen LogP contribution is -2.27. The van der Waals surface area contributed by atoms with Gasteiger partial charge in [0, 0.05) is 17.7 Å². The van der Waals surface area contributed by atoms with Crippen molar-refractivity contribution in [3.8, 4) is 11.5 Å². The molecule has 180 valence electrons. The van der Waals surface area contributed by atoms with Crippen LogP contribution in [0.15, 0.2) is 72.4 Å². The summed E-state index contributed by atoms with van der Waals surface area (Å²) in [6, 6.07) is 17.7. The van der Waals surface area contributed by atoms with Crippen molar-refractivity contribution in [2.24, 2.45) is 0 Å². The van der Waals surface area contributed by atoms with Crippen LogP contribution < -0.4 is 14.8 Å². The van der Waals surface area contributed by atoms with Crippen molar-refractivity contribution in [1.29, 1.82) is 0 Å². The summed E-state index contributed by atoms with van der Waals surface area (Å²) in [5, 5.41) is 23.0. The highest BCUT2D eigenvalue weighted by molar-refractivity contribution is 14.1. The number of aliphatic carboxylic acids is 1. The molecule has 0 fully saturated rings. The Morgan fingerprint density at radius 1 is 1.09 bits per heavy atom. The molecule has 0 aromatic heterocycles. The summed E-state index contributed by atoms with van der Waals surface area (Å²) in [6.07, 6.45) is 1.33. The van der Waals surface area contributed by atoms with Crippen LogP contribution in [-0.4, -0.2) is 28.5 Å². The van der Waals surface area contributed by atoms with Gasteiger partial charge in [-0.05, 0) is 71.0 Å². The van der Waals surface area contributed by atoms with Crippen LogP contribution in [0.2, 0.25) is 0 Å². The summed E-state index contributed by atoms with van der Waals surface area (Å²) < 4.78 is 12.2. The minimum Gasteiger partial charge on any atom is -0.490 e. The maximum absolute atomic E-state index is 12.4. The normalized spacial score (nSPS) is 11.0. The molecule has 0 heterocycles. The number of carboxylic acids is 1. The Morgan fingerprint density at radius 3 is 2.49 bits per heavy atom. The topological polar surface area (TPSA) is 128 Å². The first kappa shape index (κ1) is 25.7. The summed E-state index contributed by atoms with van der Waals surface area (Å²) in [5.41, 5.74) is 1.08. The lowest BCUT2D eigenvalue weighted by molar-refractivity contribution is -0.384. The van der Waals surface area contributed by atoms with Gasteiger partial charge in [0.2, 0.25) is 0 Å². The van der Waals surface area contributed by atoms with Crippen molar-refractivity contribution in [3.05, 3.63) is 103 Å². The summed E-state index contributed by atoms with van der Waals surface area (Å²) in [4.78, 5) is 34.7. The van der Waals surface area contributed by atoms with Gasteiger partial charge in [0.25, 0.3) is 11.6 Å². The van der Waals surface area contributed by atoms with Crippen LogP contribution in [0.4, 0.5) is 5.69 Å². The molecule has 0 atom stereocenters. The van der Waals surface area contributed by atoms with Crippen molar-refractivity contribution in [1.82, 2.24) is 5.32 Å². The second-order valence-corrected chi connectivity index (χ2v) is 8.32. The molecule has 0 unspecified atom stereocenters. The van der Waals surface area contributed by atoms with Gasteiger partial charge in [-0.15, -0.1) is 0 Å². The van der Waals surface area contributed by atoms with Gasteiger partial charge in [-0.1, -0.05) is 30.3 Å². The van der Waals surface area contributed by atoms with E-state index in [4.69, 9.17) is 9.47 Å². The highest BCUT2D eigenvalue weighted by Crippen LogP contribution is 2.35. The van der Waals surface area contributed by atoms with Crippen LogP contribution in [0.1, 0.15) is 28.4 Å². The zero-order chi connectivity index (χ0) is 25.4. The van der Waals surface area contributed by atoms with Gasteiger partial charge in [0.05, 0.1) is 15.1 Å². The number of benzene rings is 3. The number of hydrogen-bond acceptors (Lipinski definition) is 6. The number of nitro groups is 1. The predicted octanol–water partition coefficient (Wildman–Crippen LogP) is 5.03. The van der Waals surface area contributed by atoms with Gasteiger partial charge in [-0.2, -0.15) is 0 Å². The number of ether oxygens (including phenoxy) is 2. The Balaban J connectivity index is 1.87. The van der Waals surface area contributed by atoms with E-state index < -0.39 is 16.8 Å². The molecule has 0 spiro atoms. The summed E-state index contributed by atoms with van der Waals surface area (Å²) in [7, 11) is 0. The second-order valence-electron chi connectivity index (χ2n) is 7.16. The molecule has 0 bridgehead atoms. The number of carbonyl (C=O) groups excluding carboxylic acids is 1. The van der Waals surface area contributed by atoms with E-state index in [2.05, 4.69) is 5.32 Å². The molecule has 1 amide bonds. The molecular weight excluding hydrogens is 567 g/mol. The van der Waals surface area contributed by atoms with Gasteiger partial charge in [-0.25, -0.2) is 4.79 Å². The molecule has 0 aliphatic heterocycles. The Labute approximate surface area is 214 Å². The Hall–Kier alpha value is -3.93. The number of nitrogens with one attached hydrogen (secondary N) is 1. The van der Waals surface area contributed by atoms with Crippen LogP contribution in [0, 0.1) is 13.7 Å².